The minimum atomic E-state index is -0.578. The molecule has 0 saturated heterocycles. The number of hydrogen-bond acceptors (Lipinski definition) is 5. The van der Waals surface area contributed by atoms with Gasteiger partial charge in [0.25, 0.3) is 5.56 Å². The number of aromatic amines is 1. The van der Waals surface area contributed by atoms with Crippen LogP contribution in [-0.2, 0) is 4.79 Å². The molecule has 1 fully saturated rings. The molecule has 1 amide bonds. The summed E-state index contributed by atoms with van der Waals surface area (Å²) in [7, 11) is 1.62. The van der Waals surface area contributed by atoms with E-state index >= 15 is 0 Å². The van der Waals surface area contributed by atoms with Gasteiger partial charge in [-0.25, -0.2) is 4.98 Å². The summed E-state index contributed by atoms with van der Waals surface area (Å²) in [4.78, 5) is 34.0. The van der Waals surface area contributed by atoms with Crippen molar-refractivity contribution in [3.05, 3.63) is 63.5 Å². The topological polar surface area (TPSA) is 84.1 Å². The Morgan fingerprint density at radius 1 is 1.25 bits per heavy atom. The molecule has 1 atom stereocenters. The van der Waals surface area contributed by atoms with Crippen molar-refractivity contribution in [2.24, 2.45) is 5.92 Å². The van der Waals surface area contributed by atoms with Gasteiger partial charge in [0.1, 0.15) is 5.75 Å². The van der Waals surface area contributed by atoms with E-state index < -0.39 is 5.92 Å². The van der Waals surface area contributed by atoms with Crippen LogP contribution in [0.3, 0.4) is 0 Å². The first-order chi connectivity index (χ1) is 15.6. The third kappa shape index (κ3) is 4.93. The normalized spacial score (nSPS) is 15.3. The highest BCUT2D eigenvalue weighted by atomic mass is 32.1. The molecule has 7 heteroatoms. The van der Waals surface area contributed by atoms with E-state index in [2.05, 4.69) is 15.3 Å². The number of anilines is 1. The number of thiazole rings is 1. The van der Waals surface area contributed by atoms with Gasteiger partial charge in [-0.05, 0) is 37.0 Å². The lowest BCUT2D eigenvalue weighted by Gasteiger charge is -2.27. The van der Waals surface area contributed by atoms with Crippen LogP contribution in [0.2, 0.25) is 0 Å². The Kier molecular flexibility index (Phi) is 7.05. The van der Waals surface area contributed by atoms with E-state index in [9.17, 15) is 9.59 Å². The first kappa shape index (κ1) is 22.3. The number of hydrogen-bond donors (Lipinski definition) is 2. The average molecular weight is 452 g/mol. The van der Waals surface area contributed by atoms with E-state index in [0.717, 1.165) is 29.7 Å². The monoisotopic (exact) mass is 451 g/mol. The van der Waals surface area contributed by atoms with Gasteiger partial charge in [0, 0.05) is 28.4 Å². The van der Waals surface area contributed by atoms with Gasteiger partial charge < -0.3 is 15.0 Å². The van der Waals surface area contributed by atoms with E-state index in [1.807, 2.05) is 42.6 Å². The summed E-state index contributed by atoms with van der Waals surface area (Å²) >= 11 is 1.37. The molecule has 2 aromatic heterocycles. The number of methoxy groups -OCH3 is 1. The number of carbonyl (C=O) groups excluding carboxylic acids is 1. The van der Waals surface area contributed by atoms with E-state index in [4.69, 9.17) is 4.74 Å². The summed E-state index contributed by atoms with van der Waals surface area (Å²) < 4.78 is 5.59. The van der Waals surface area contributed by atoms with E-state index in [1.54, 1.807) is 13.3 Å². The summed E-state index contributed by atoms with van der Waals surface area (Å²) in [6.07, 6.45) is 8.08. The van der Waals surface area contributed by atoms with Gasteiger partial charge in [0.2, 0.25) is 5.91 Å². The molecule has 1 aromatic carbocycles. The highest BCUT2D eigenvalue weighted by molar-refractivity contribution is 7.13. The quantitative estimate of drug-likeness (QED) is 0.496. The van der Waals surface area contributed by atoms with Gasteiger partial charge in [-0.2, -0.15) is 0 Å². The highest BCUT2D eigenvalue weighted by Gasteiger charge is 2.31. The van der Waals surface area contributed by atoms with Gasteiger partial charge in [-0.3, -0.25) is 9.59 Å². The maximum absolute atomic E-state index is 13.5. The lowest BCUT2D eigenvalue weighted by Crippen LogP contribution is -2.30. The third-order valence-corrected chi connectivity index (χ3v) is 6.91. The molecule has 0 unspecified atom stereocenters. The number of amides is 1. The van der Waals surface area contributed by atoms with Gasteiger partial charge in [-0.1, -0.05) is 50.3 Å². The first-order valence-corrected chi connectivity index (χ1v) is 12.0. The Bertz CT molecular complexity index is 1120. The number of aromatic nitrogens is 2. The van der Waals surface area contributed by atoms with Crippen molar-refractivity contribution in [2.75, 3.05) is 12.4 Å². The average Bonchev–Trinajstić information content (AvgIpc) is 3.31. The molecule has 2 heterocycles. The molecule has 4 rings (SSSR count). The molecule has 0 aliphatic heterocycles. The fourth-order valence-electron chi connectivity index (χ4n) is 4.72. The minimum Gasteiger partial charge on any atom is -0.496 e. The Morgan fingerprint density at radius 2 is 2.03 bits per heavy atom. The zero-order valence-electron chi connectivity index (χ0n) is 18.5. The summed E-state index contributed by atoms with van der Waals surface area (Å²) in [5, 5.41) is 5.31. The summed E-state index contributed by atoms with van der Waals surface area (Å²) in [6.45, 7) is 1.86. The molecule has 0 spiro atoms. The van der Waals surface area contributed by atoms with Crippen molar-refractivity contribution in [2.45, 2.75) is 51.4 Å². The van der Waals surface area contributed by atoms with Crippen molar-refractivity contribution >= 4 is 22.4 Å². The molecule has 1 saturated carbocycles. The van der Waals surface area contributed by atoms with Crippen molar-refractivity contribution in [1.29, 1.82) is 0 Å². The predicted molar refractivity (Wildman–Crippen MR) is 128 cm³/mol. The maximum Gasteiger partial charge on any atom is 0.252 e. The van der Waals surface area contributed by atoms with Crippen molar-refractivity contribution in [1.82, 2.24) is 9.97 Å². The second-order valence-corrected chi connectivity index (χ2v) is 9.32. The number of para-hydroxylation sites is 1. The summed E-state index contributed by atoms with van der Waals surface area (Å²) in [5.41, 5.74) is 2.59. The first-order valence-electron chi connectivity index (χ1n) is 11.1. The molecule has 6 nitrogen and oxygen atoms in total. The molecule has 2 N–H and O–H groups in total. The van der Waals surface area contributed by atoms with Crippen LogP contribution in [0.25, 0.3) is 11.1 Å². The molecule has 0 radical (unpaired) electrons. The standard InChI is InChI=1S/C25H29N3O3S/c1-16-14-19(18-10-6-7-11-21(18)31-2)22(24(30)27-16)20(15-17-8-4-3-5-9-17)23(29)28-25-26-12-13-32-25/h6-7,10-14,17,20H,3-5,8-9,15H2,1-2H3,(H,27,30)(H,26,28,29)/t20-/m0/s1. The number of rotatable bonds is 7. The molecule has 0 bridgehead atoms. The number of nitrogens with one attached hydrogen (secondary N) is 2. The molecular formula is C25H29N3O3S. The largest absolute Gasteiger partial charge is 0.496 e. The van der Waals surface area contributed by atoms with Crippen LogP contribution in [0.5, 0.6) is 5.75 Å². The Labute approximate surface area is 192 Å². The van der Waals surface area contributed by atoms with Crippen LogP contribution in [-0.4, -0.2) is 23.0 Å². The Morgan fingerprint density at radius 3 is 2.75 bits per heavy atom. The number of nitrogens with zero attached hydrogens (tertiary/aromatic N) is 1. The number of ether oxygens (including phenoxy) is 1. The van der Waals surface area contributed by atoms with Crippen molar-refractivity contribution in [3.8, 4) is 16.9 Å². The number of aryl methyl sites for hydroxylation is 1. The minimum absolute atomic E-state index is 0.184. The van der Waals surface area contributed by atoms with E-state index in [-0.39, 0.29) is 11.5 Å². The van der Waals surface area contributed by atoms with Crippen LogP contribution in [0.1, 0.15) is 55.7 Å². The third-order valence-electron chi connectivity index (χ3n) is 6.22. The molecule has 32 heavy (non-hydrogen) atoms. The van der Waals surface area contributed by atoms with Crippen molar-refractivity contribution < 1.29 is 9.53 Å². The number of carbonyl (C=O) groups is 1. The SMILES string of the molecule is COc1ccccc1-c1cc(C)[nH]c(=O)c1[C@H](CC1CCCCC1)C(=O)Nc1nccs1. The van der Waals surface area contributed by atoms with Gasteiger partial charge in [0.15, 0.2) is 5.13 Å². The number of benzene rings is 1. The highest BCUT2D eigenvalue weighted by Crippen LogP contribution is 2.39. The van der Waals surface area contributed by atoms with Crippen molar-refractivity contribution in [3.63, 3.8) is 0 Å². The molecule has 1 aliphatic rings. The van der Waals surface area contributed by atoms with Gasteiger partial charge >= 0.3 is 0 Å². The Hall–Kier alpha value is -2.93. The summed E-state index contributed by atoms with van der Waals surface area (Å²) in [5.74, 6) is 0.333. The van der Waals surface area contributed by atoms with Crippen LogP contribution < -0.4 is 15.6 Å². The zero-order valence-corrected chi connectivity index (χ0v) is 19.3. The maximum atomic E-state index is 13.5. The van der Waals surface area contributed by atoms with Gasteiger partial charge in [0.05, 0.1) is 13.0 Å². The lowest BCUT2D eigenvalue weighted by molar-refractivity contribution is -0.118. The van der Waals surface area contributed by atoms with Crippen LogP contribution in [0, 0.1) is 12.8 Å². The van der Waals surface area contributed by atoms with Crippen LogP contribution in [0.15, 0.2) is 46.7 Å². The second kappa shape index (κ2) is 10.1. The van der Waals surface area contributed by atoms with Crippen LogP contribution >= 0.6 is 11.3 Å². The number of H-pyrrole nitrogens is 1. The lowest BCUT2D eigenvalue weighted by atomic mass is 9.78. The molecule has 168 valence electrons. The smallest absolute Gasteiger partial charge is 0.252 e. The second-order valence-electron chi connectivity index (χ2n) is 8.43. The fraction of sp³-hybridized carbons (Fsp3) is 0.400. The zero-order chi connectivity index (χ0) is 22.5. The molecule has 1 aliphatic carbocycles. The van der Waals surface area contributed by atoms with Crippen LogP contribution in [0.4, 0.5) is 5.13 Å². The predicted octanol–water partition coefficient (Wildman–Crippen LogP) is 5.51. The van der Waals surface area contributed by atoms with E-state index in [1.165, 1.54) is 30.6 Å². The van der Waals surface area contributed by atoms with E-state index in [0.29, 0.717) is 28.8 Å². The molecular weight excluding hydrogens is 422 g/mol. The Balaban J connectivity index is 1.82. The molecule has 3 aromatic rings. The number of pyridine rings is 1. The summed E-state index contributed by atoms with van der Waals surface area (Å²) in [6, 6.07) is 9.58. The van der Waals surface area contributed by atoms with Gasteiger partial charge in [-0.15, -0.1) is 11.3 Å². The fourth-order valence-corrected chi connectivity index (χ4v) is 5.26.